The van der Waals surface area contributed by atoms with Gasteiger partial charge in [0.05, 0.1) is 0 Å². The van der Waals surface area contributed by atoms with Crippen LogP contribution in [0.1, 0.15) is 23.4 Å². The fourth-order valence-corrected chi connectivity index (χ4v) is 2.18. The van der Waals surface area contributed by atoms with Gasteiger partial charge in [0, 0.05) is 38.6 Å². The second-order valence-electron chi connectivity index (χ2n) is 4.69. The van der Waals surface area contributed by atoms with Crippen LogP contribution in [-0.2, 0) is 17.1 Å². The third-order valence-electron chi connectivity index (χ3n) is 3.17. The Bertz CT molecular complexity index is 814. The molecule has 0 aromatic carbocycles. The van der Waals surface area contributed by atoms with Crippen LogP contribution in [0.3, 0.4) is 0 Å². The average molecular weight is 458 g/mol. The van der Waals surface area contributed by atoms with Crippen LogP contribution in [0.15, 0.2) is 43.0 Å². The van der Waals surface area contributed by atoms with Crippen LogP contribution >= 0.6 is 0 Å². The van der Waals surface area contributed by atoms with Crippen molar-refractivity contribution in [2.24, 2.45) is 0 Å². The molecule has 0 N–H and O–H groups in total. The third-order valence-corrected chi connectivity index (χ3v) is 3.17. The predicted octanol–water partition coefficient (Wildman–Crippen LogP) is -6.86. The van der Waals surface area contributed by atoms with Crippen molar-refractivity contribution in [1.82, 2.24) is 24.1 Å². The molecule has 3 aromatic rings. The maximum Gasteiger partial charge on any atom is 3.00 e. The summed E-state index contributed by atoms with van der Waals surface area (Å²) >= 11 is 0. The largest absolute Gasteiger partial charge is 3.00 e. The minimum Gasteiger partial charge on any atom is -1.00 e. The van der Waals surface area contributed by atoms with E-state index in [1.807, 2.05) is 0 Å². The first kappa shape index (κ1) is 26.5. The summed E-state index contributed by atoms with van der Waals surface area (Å²) in [6.45, 7) is 2.91. The number of aromatic nitrogens is 5. The van der Waals surface area contributed by atoms with Crippen molar-refractivity contribution in [3.05, 3.63) is 43.0 Å². The summed E-state index contributed by atoms with van der Waals surface area (Å²) in [4.78, 5) is 36.0. The molecular weight excluding hydrogens is 444 g/mol. The number of hydrogen-bond donors (Lipinski definition) is 0. The van der Waals surface area contributed by atoms with Crippen LogP contribution in [0.5, 0.6) is 0 Å². The van der Waals surface area contributed by atoms with E-state index in [0.717, 1.165) is 0 Å². The molecule has 3 heterocycles. The van der Waals surface area contributed by atoms with E-state index in [9.17, 15) is 9.59 Å². The molecule has 0 unspecified atom stereocenters. The van der Waals surface area contributed by atoms with E-state index >= 15 is 0 Å². The third kappa shape index (κ3) is 5.16. The van der Waals surface area contributed by atoms with Crippen molar-refractivity contribution in [2.75, 3.05) is 0 Å². The Balaban J connectivity index is 0. The number of carbonyl (C=O) groups excluding carboxylic acids is 2. The summed E-state index contributed by atoms with van der Waals surface area (Å²) in [6.07, 6.45) is 6.26. The van der Waals surface area contributed by atoms with Crippen molar-refractivity contribution in [1.29, 1.82) is 0 Å². The summed E-state index contributed by atoms with van der Waals surface area (Å²) in [5.74, 6) is 0.612. The van der Waals surface area contributed by atoms with Gasteiger partial charge < -0.3 is 37.2 Å². The van der Waals surface area contributed by atoms with Crippen LogP contribution < -0.4 is 37.2 Å². The Labute approximate surface area is 179 Å². The number of nitrogens with zero attached hydrogens (tertiary/aromatic N) is 5. The molecule has 3 rings (SSSR count). The van der Waals surface area contributed by atoms with E-state index in [-0.39, 0.29) is 66.1 Å². The molecule has 0 bridgehead atoms. The molecule has 0 aliphatic carbocycles. The number of hydrogen-bond acceptors (Lipinski definition) is 5. The number of pyridine rings is 1. The molecule has 7 nitrogen and oxygen atoms in total. The van der Waals surface area contributed by atoms with Gasteiger partial charge in [0.2, 0.25) is 11.8 Å². The topological polar surface area (TPSA) is 82.7 Å². The standard InChI is InChI=1S/C15H13N5O2.3ClH.Fe/c1-10(21)19-8-6-16-14(19)12-4-3-5-13(18-12)15-17-7-9-20(15)11(2)22;;;;/h3-9H,1-2H3;3*1H;/q;;;;+3/p-3. The molecule has 0 saturated carbocycles. The fraction of sp³-hybridized carbons (Fsp3) is 0.133. The smallest absolute Gasteiger partial charge is 1.00 e. The molecule has 0 atom stereocenters. The van der Waals surface area contributed by atoms with Gasteiger partial charge in [0.15, 0.2) is 11.6 Å². The van der Waals surface area contributed by atoms with Crippen molar-refractivity contribution >= 4 is 11.8 Å². The van der Waals surface area contributed by atoms with E-state index in [4.69, 9.17) is 0 Å². The molecule has 0 saturated heterocycles. The minimum absolute atomic E-state index is 0. The first-order chi connectivity index (χ1) is 10.6. The quantitative estimate of drug-likeness (QED) is 0.358. The number of halogens is 3. The van der Waals surface area contributed by atoms with E-state index in [0.29, 0.717) is 23.0 Å². The van der Waals surface area contributed by atoms with Crippen LogP contribution in [0.2, 0.25) is 0 Å². The molecule has 0 fully saturated rings. The fourth-order valence-electron chi connectivity index (χ4n) is 2.18. The van der Waals surface area contributed by atoms with Crippen LogP contribution in [0, 0.1) is 0 Å². The maximum atomic E-state index is 11.6. The van der Waals surface area contributed by atoms with E-state index in [1.165, 1.54) is 23.0 Å². The minimum atomic E-state index is -0.148. The SMILES string of the molecule is CC(=O)n1ccnc1-c1cccc(-c2nccn2C(C)=O)n1.[Cl-].[Cl-].[Cl-].[Fe+3]. The Hall–Kier alpha value is -1.70. The van der Waals surface area contributed by atoms with Crippen molar-refractivity contribution in [2.45, 2.75) is 13.8 Å². The van der Waals surface area contributed by atoms with Gasteiger partial charge in [-0.1, -0.05) is 6.07 Å². The van der Waals surface area contributed by atoms with E-state index in [1.54, 1.807) is 43.0 Å². The molecular formula is C15H13Cl3FeN5O2. The van der Waals surface area contributed by atoms with Gasteiger partial charge in [-0.05, 0) is 12.1 Å². The van der Waals surface area contributed by atoms with Crippen LogP contribution in [0.4, 0.5) is 0 Å². The van der Waals surface area contributed by atoms with Gasteiger partial charge in [0.25, 0.3) is 0 Å². The summed E-state index contributed by atoms with van der Waals surface area (Å²) in [6, 6.07) is 5.30. The molecule has 139 valence electrons. The molecule has 0 spiro atoms. The Morgan fingerprint density at radius 2 is 1.19 bits per heavy atom. The zero-order valence-corrected chi connectivity index (χ0v) is 17.0. The summed E-state index contributed by atoms with van der Waals surface area (Å²) in [5.41, 5.74) is 1.08. The molecule has 0 amide bonds. The first-order valence-corrected chi connectivity index (χ1v) is 6.64. The zero-order valence-electron chi connectivity index (χ0n) is 13.6. The summed E-state index contributed by atoms with van der Waals surface area (Å²) in [7, 11) is 0. The first-order valence-electron chi connectivity index (χ1n) is 6.64. The summed E-state index contributed by atoms with van der Waals surface area (Å²) < 4.78 is 2.84. The number of rotatable bonds is 2. The van der Waals surface area contributed by atoms with Gasteiger partial charge in [-0.15, -0.1) is 0 Å². The predicted molar refractivity (Wildman–Crippen MR) is 79.3 cm³/mol. The molecule has 0 aliphatic rings. The van der Waals surface area contributed by atoms with Crippen molar-refractivity contribution < 1.29 is 63.9 Å². The van der Waals surface area contributed by atoms with Gasteiger partial charge in [-0.25, -0.2) is 15.0 Å². The van der Waals surface area contributed by atoms with Gasteiger partial charge >= 0.3 is 17.1 Å². The molecule has 1 radical (unpaired) electrons. The van der Waals surface area contributed by atoms with Crippen LogP contribution in [0.25, 0.3) is 23.0 Å². The number of carbonyl (C=O) groups is 2. The number of imidazole rings is 2. The van der Waals surface area contributed by atoms with E-state index in [2.05, 4.69) is 15.0 Å². The molecule has 3 aromatic heterocycles. The Morgan fingerprint density at radius 1 is 0.808 bits per heavy atom. The Morgan fingerprint density at radius 3 is 1.54 bits per heavy atom. The Kier molecular flexibility index (Phi) is 11.3. The maximum absolute atomic E-state index is 11.6. The second-order valence-corrected chi connectivity index (χ2v) is 4.69. The molecule has 26 heavy (non-hydrogen) atoms. The van der Waals surface area contributed by atoms with Crippen molar-refractivity contribution in [3.63, 3.8) is 0 Å². The normalized spacial score (nSPS) is 9.00. The molecule has 11 heteroatoms. The van der Waals surface area contributed by atoms with E-state index < -0.39 is 0 Å². The monoisotopic (exact) mass is 456 g/mol. The zero-order chi connectivity index (χ0) is 15.7. The summed E-state index contributed by atoms with van der Waals surface area (Å²) in [5, 5.41) is 0. The second kappa shape index (κ2) is 11.1. The van der Waals surface area contributed by atoms with Crippen LogP contribution in [-0.4, -0.2) is 35.9 Å². The molecule has 0 aliphatic heterocycles. The van der Waals surface area contributed by atoms with Gasteiger partial charge in [-0.2, -0.15) is 0 Å². The van der Waals surface area contributed by atoms with Gasteiger partial charge in [0.1, 0.15) is 11.4 Å². The van der Waals surface area contributed by atoms with Gasteiger partial charge in [-0.3, -0.25) is 18.7 Å². The average Bonchev–Trinajstić information content (AvgIpc) is 3.16. The van der Waals surface area contributed by atoms with Crippen molar-refractivity contribution in [3.8, 4) is 23.0 Å².